The number of likely N-dealkylation sites (tertiary alicyclic amines) is 1. The molecule has 1 atom stereocenters. The van der Waals surface area contributed by atoms with E-state index >= 15 is 0 Å². The summed E-state index contributed by atoms with van der Waals surface area (Å²) in [6, 6.07) is 5.63. The van der Waals surface area contributed by atoms with E-state index in [4.69, 9.17) is 4.74 Å². The Morgan fingerprint density at radius 3 is 2.96 bits per heavy atom. The lowest BCUT2D eigenvalue weighted by Crippen LogP contribution is -2.44. The van der Waals surface area contributed by atoms with E-state index in [1.165, 1.54) is 0 Å². The number of ether oxygens (including phenoxy) is 1. The first-order valence-electron chi connectivity index (χ1n) is 9.02. The average molecular weight is 358 g/mol. The fourth-order valence-corrected chi connectivity index (χ4v) is 3.28. The first-order valence-corrected chi connectivity index (χ1v) is 9.02. The third kappa shape index (κ3) is 4.33. The van der Waals surface area contributed by atoms with Gasteiger partial charge in [0.15, 0.2) is 0 Å². The van der Waals surface area contributed by atoms with Gasteiger partial charge in [-0.3, -0.25) is 9.89 Å². The Balaban J connectivity index is 1.60. The van der Waals surface area contributed by atoms with Crippen molar-refractivity contribution in [1.82, 2.24) is 20.4 Å². The van der Waals surface area contributed by atoms with Gasteiger partial charge in [0.05, 0.1) is 17.3 Å². The number of para-hydroxylation sites is 1. The third-order valence-corrected chi connectivity index (χ3v) is 4.45. The molecule has 1 aromatic heterocycles. The van der Waals surface area contributed by atoms with Crippen molar-refractivity contribution in [3.63, 3.8) is 0 Å². The second-order valence-electron chi connectivity index (χ2n) is 7.78. The number of amides is 2. The first-order chi connectivity index (χ1) is 12.3. The molecule has 7 heteroatoms. The molecule has 0 aliphatic carbocycles. The quantitative estimate of drug-likeness (QED) is 0.883. The van der Waals surface area contributed by atoms with Crippen LogP contribution in [0.5, 0.6) is 0 Å². The summed E-state index contributed by atoms with van der Waals surface area (Å²) < 4.78 is 5.27. The van der Waals surface area contributed by atoms with E-state index in [1.807, 2.05) is 43.9 Å². The zero-order valence-electron chi connectivity index (χ0n) is 15.5. The second-order valence-corrected chi connectivity index (χ2v) is 7.78. The number of aromatic nitrogens is 2. The summed E-state index contributed by atoms with van der Waals surface area (Å²) in [7, 11) is 0. The molecule has 1 fully saturated rings. The Morgan fingerprint density at radius 1 is 1.38 bits per heavy atom. The van der Waals surface area contributed by atoms with Crippen LogP contribution in [0.3, 0.4) is 0 Å². The first kappa shape index (κ1) is 18.2. The average Bonchev–Trinajstić information content (AvgIpc) is 3.07. The Hall–Kier alpha value is -2.57. The molecule has 0 radical (unpaired) electrons. The van der Waals surface area contributed by atoms with Gasteiger partial charge in [-0.15, -0.1) is 0 Å². The molecule has 2 N–H and O–H groups in total. The van der Waals surface area contributed by atoms with Gasteiger partial charge in [0.2, 0.25) is 0 Å². The summed E-state index contributed by atoms with van der Waals surface area (Å²) >= 11 is 0. The summed E-state index contributed by atoms with van der Waals surface area (Å²) in [6.45, 7) is 7.37. The Kier molecular flexibility index (Phi) is 5.15. The summed E-state index contributed by atoms with van der Waals surface area (Å²) in [6.07, 6.45) is 3.21. The predicted molar refractivity (Wildman–Crippen MR) is 99.0 cm³/mol. The lowest BCUT2D eigenvalue weighted by atomic mass is 9.97. The van der Waals surface area contributed by atoms with E-state index in [0.717, 1.165) is 30.3 Å². The van der Waals surface area contributed by atoms with Crippen molar-refractivity contribution >= 4 is 22.9 Å². The number of aromatic amines is 1. The molecule has 0 bridgehead atoms. The number of nitrogens with zero attached hydrogens (tertiary/aromatic N) is 2. The summed E-state index contributed by atoms with van der Waals surface area (Å²) in [5.41, 5.74) is 0.897. The van der Waals surface area contributed by atoms with Gasteiger partial charge in [-0.25, -0.2) is 4.79 Å². The molecular weight excluding hydrogens is 332 g/mol. The zero-order chi connectivity index (χ0) is 18.7. The molecule has 1 aliphatic heterocycles. The maximum Gasteiger partial charge on any atom is 0.407 e. The predicted octanol–water partition coefficient (Wildman–Crippen LogP) is 2.94. The van der Waals surface area contributed by atoms with E-state index in [9.17, 15) is 9.59 Å². The van der Waals surface area contributed by atoms with Gasteiger partial charge in [-0.05, 0) is 45.6 Å². The maximum atomic E-state index is 12.9. The van der Waals surface area contributed by atoms with Gasteiger partial charge < -0.3 is 15.0 Å². The molecule has 2 amide bonds. The van der Waals surface area contributed by atoms with E-state index in [0.29, 0.717) is 18.7 Å². The lowest BCUT2D eigenvalue weighted by Gasteiger charge is -2.33. The summed E-state index contributed by atoms with van der Waals surface area (Å²) in [4.78, 5) is 26.6. The summed E-state index contributed by atoms with van der Waals surface area (Å²) in [5, 5.41) is 10.7. The van der Waals surface area contributed by atoms with Crippen LogP contribution in [-0.4, -0.2) is 52.3 Å². The van der Waals surface area contributed by atoms with E-state index in [2.05, 4.69) is 15.5 Å². The molecule has 140 valence electrons. The Morgan fingerprint density at radius 2 is 2.19 bits per heavy atom. The van der Waals surface area contributed by atoms with Crippen LogP contribution >= 0.6 is 0 Å². The number of fused-ring (bicyclic) bond motifs is 1. The van der Waals surface area contributed by atoms with Gasteiger partial charge >= 0.3 is 6.09 Å². The van der Waals surface area contributed by atoms with Crippen molar-refractivity contribution in [3.8, 4) is 0 Å². The number of H-pyrrole nitrogens is 1. The minimum Gasteiger partial charge on any atom is -0.444 e. The molecule has 2 heterocycles. The topological polar surface area (TPSA) is 87.3 Å². The number of benzene rings is 1. The molecule has 1 saturated heterocycles. The van der Waals surface area contributed by atoms with Gasteiger partial charge in [-0.1, -0.05) is 12.1 Å². The van der Waals surface area contributed by atoms with Gasteiger partial charge in [0.1, 0.15) is 5.60 Å². The summed E-state index contributed by atoms with van der Waals surface area (Å²) in [5.74, 6) is 0.225. The highest BCUT2D eigenvalue weighted by Gasteiger charge is 2.26. The van der Waals surface area contributed by atoms with Crippen LogP contribution in [0.25, 0.3) is 10.9 Å². The smallest absolute Gasteiger partial charge is 0.407 e. The zero-order valence-corrected chi connectivity index (χ0v) is 15.5. The maximum absolute atomic E-state index is 12.9. The highest BCUT2D eigenvalue weighted by atomic mass is 16.6. The lowest BCUT2D eigenvalue weighted by molar-refractivity contribution is 0.0503. The van der Waals surface area contributed by atoms with Crippen molar-refractivity contribution in [1.29, 1.82) is 0 Å². The highest BCUT2D eigenvalue weighted by Crippen LogP contribution is 2.22. The molecule has 0 spiro atoms. The normalized spacial score (nSPS) is 18.0. The van der Waals surface area contributed by atoms with Crippen molar-refractivity contribution in [2.24, 2.45) is 5.92 Å². The van der Waals surface area contributed by atoms with Gasteiger partial charge in [0, 0.05) is 25.0 Å². The number of piperidine rings is 1. The van der Waals surface area contributed by atoms with E-state index < -0.39 is 11.7 Å². The number of carbonyl (C=O) groups is 2. The van der Waals surface area contributed by atoms with Crippen LogP contribution in [-0.2, 0) is 4.74 Å². The van der Waals surface area contributed by atoms with Crippen LogP contribution in [0.2, 0.25) is 0 Å². The van der Waals surface area contributed by atoms with Crippen LogP contribution in [0.15, 0.2) is 24.4 Å². The number of rotatable bonds is 3. The molecule has 1 aromatic carbocycles. The molecule has 2 aromatic rings. The number of carbonyl (C=O) groups excluding carboxylic acids is 2. The minimum absolute atomic E-state index is 0.00168. The largest absolute Gasteiger partial charge is 0.444 e. The fraction of sp³-hybridized carbons (Fsp3) is 0.526. The minimum atomic E-state index is -0.512. The monoisotopic (exact) mass is 358 g/mol. The van der Waals surface area contributed by atoms with E-state index in [-0.39, 0.29) is 11.8 Å². The molecule has 3 rings (SSSR count). The third-order valence-electron chi connectivity index (χ3n) is 4.45. The molecule has 26 heavy (non-hydrogen) atoms. The molecule has 1 aliphatic rings. The fourth-order valence-electron chi connectivity index (χ4n) is 3.28. The van der Waals surface area contributed by atoms with Crippen LogP contribution < -0.4 is 5.32 Å². The van der Waals surface area contributed by atoms with Gasteiger partial charge in [-0.2, -0.15) is 5.10 Å². The molecule has 0 unspecified atom stereocenters. The number of nitrogens with one attached hydrogen (secondary N) is 2. The van der Waals surface area contributed by atoms with Crippen molar-refractivity contribution in [3.05, 3.63) is 30.0 Å². The van der Waals surface area contributed by atoms with Gasteiger partial charge in [0.25, 0.3) is 5.91 Å². The molecule has 7 nitrogen and oxygen atoms in total. The number of hydrogen-bond donors (Lipinski definition) is 2. The van der Waals surface area contributed by atoms with Crippen molar-refractivity contribution in [2.75, 3.05) is 19.6 Å². The van der Waals surface area contributed by atoms with Crippen LogP contribution in [0.4, 0.5) is 4.79 Å². The SMILES string of the molecule is CC(C)(C)OC(=O)NC[C@@H]1CCCN(C(=O)c2cccc3cn[nH]c23)C1. The number of alkyl carbamates (subject to hydrolysis) is 1. The second kappa shape index (κ2) is 7.35. The standard InChI is InChI=1S/C19H26N4O3/c1-19(2,3)26-18(25)20-10-13-6-5-9-23(12-13)17(24)15-8-4-7-14-11-21-22-16(14)15/h4,7-8,11,13H,5-6,9-10,12H2,1-3H3,(H,20,25)(H,21,22)/t13-/m0/s1. The Bertz CT molecular complexity index is 793. The van der Waals surface area contributed by atoms with Crippen molar-refractivity contribution in [2.45, 2.75) is 39.2 Å². The molecular formula is C19H26N4O3. The highest BCUT2D eigenvalue weighted by molar-refractivity contribution is 6.05. The molecule has 0 saturated carbocycles. The Labute approximate surface area is 153 Å². The van der Waals surface area contributed by atoms with E-state index in [1.54, 1.807) is 6.20 Å². The van der Waals surface area contributed by atoms with Crippen molar-refractivity contribution < 1.29 is 14.3 Å². The number of hydrogen-bond acceptors (Lipinski definition) is 4. The van der Waals surface area contributed by atoms with Crippen LogP contribution in [0.1, 0.15) is 44.0 Å². The van der Waals surface area contributed by atoms with Crippen LogP contribution in [0, 0.1) is 5.92 Å².